The van der Waals surface area contributed by atoms with E-state index in [2.05, 4.69) is 41.4 Å². The summed E-state index contributed by atoms with van der Waals surface area (Å²) in [6.45, 7) is 6.90. The van der Waals surface area contributed by atoms with Crippen LogP contribution < -0.4 is 10.2 Å². The van der Waals surface area contributed by atoms with Gasteiger partial charge in [-0.25, -0.2) is 0 Å². The zero-order valence-electron chi connectivity index (χ0n) is 12.1. The van der Waals surface area contributed by atoms with Crippen LogP contribution in [0.2, 0.25) is 0 Å². The van der Waals surface area contributed by atoms with Gasteiger partial charge < -0.3 is 10.2 Å². The summed E-state index contributed by atoms with van der Waals surface area (Å²) in [5.74, 6) is 0. The summed E-state index contributed by atoms with van der Waals surface area (Å²) in [5.41, 5.74) is 3.53. The molecule has 0 unspecified atom stereocenters. The molecule has 1 N–H and O–H groups in total. The molecule has 0 aromatic heterocycles. The van der Waals surface area contributed by atoms with Gasteiger partial charge >= 0.3 is 0 Å². The minimum atomic E-state index is 0.691. The molecule has 1 spiro atoms. The normalized spacial score (nSPS) is 20.8. The van der Waals surface area contributed by atoms with E-state index in [1.54, 1.807) is 0 Å². The third-order valence-electron chi connectivity index (χ3n) is 4.75. The van der Waals surface area contributed by atoms with E-state index in [4.69, 9.17) is 0 Å². The molecule has 104 valence electrons. The van der Waals surface area contributed by atoms with Gasteiger partial charge in [-0.05, 0) is 43.5 Å². The van der Waals surface area contributed by atoms with Gasteiger partial charge in [0.05, 0.1) is 0 Å². The maximum absolute atomic E-state index is 3.48. The predicted molar refractivity (Wildman–Crippen MR) is 81.6 cm³/mol. The number of nitrogens with zero attached hydrogens (tertiary/aromatic N) is 1. The Morgan fingerprint density at radius 3 is 2.74 bits per heavy atom. The van der Waals surface area contributed by atoms with Gasteiger partial charge in [-0.2, -0.15) is 0 Å². The van der Waals surface area contributed by atoms with E-state index < -0.39 is 0 Å². The highest BCUT2D eigenvalue weighted by atomic mass is 15.2. The lowest BCUT2D eigenvalue weighted by Crippen LogP contribution is -2.55. The van der Waals surface area contributed by atoms with Crippen LogP contribution >= 0.6 is 0 Å². The van der Waals surface area contributed by atoms with Crippen LogP contribution in [-0.4, -0.2) is 19.6 Å². The van der Waals surface area contributed by atoms with E-state index in [0.29, 0.717) is 5.41 Å². The monoisotopic (exact) mass is 258 g/mol. The van der Waals surface area contributed by atoms with Crippen LogP contribution in [0.1, 0.15) is 44.6 Å². The zero-order chi connectivity index (χ0) is 13.1. The Morgan fingerprint density at radius 1 is 1.21 bits per heavy atom. The molecule has 1 aromatic carbocycles. The molecule has 1 aliphatic heterocycles. The highest BCUT2D eigenvalue weighted by Gasteiger charge is 2.44. The molecule has 2 nitrogen and oxygen atoms in total. The van der Waals surface area contributed by atoms with Gasteiger partial charge in [0.1, 0.15) is 0 Å². The molecule has 1 heterocycles. The average molecular weight is 258 g/mol. The standard InChI is InChI=1S/C17H26N2/c1-2-10-18-12-15-6-5-7-16(11-15)19-13-17(14-19)8-3-4-9-17/h5-7,11,18H,2-4,8-10,12-14H2,1H3. The van der Waals surface area contributed by atoms with Gasteiger partial charge in [-0.1, -0.05) is 31.9 Å². The van der Waals surface area contributed by atoms with E-state index in [1.165, 1.54) is 56.4 Å². The van der Waals surface area contributed by atoms with Gasteiger partial charge in [0.25, 0.3) is 0 Å². The van der Waals surface area contributed by atoms with Crippen LogP contribution in [0.4, 0.5) is 5.69 Å². The molecule has 1 saturated carbocycles. The van der Waals surface area contributed by atoms with E-state index in [9.17, 15) is 0 Å². The predicted octanol–water partition coefficient (Wildman–Crippen LogP) is 3.57. The van der Waals surface area contributed by atoms with Crippen molar-refractivity contribution in [2.24, 2.45) is 5.41 Å². The van der Waals surface area contributed by atoms with Crippen molar-refractivity contribution in [2.45, 2.75) is 45.6 Å². The molecule has 2 heteroatoms. The van der Waals surface area contributed by atoms with E-state index in [-0.39, 0.29) is 0 Å². The smallest absolute Gasteiger partial charge is 0.0369 e. The second-order valence-electron chi connectivity index (χ2n) is 6.41. The topological polar surface area (TPSA) is 15.3 Å². The highest BCUT2D eigenvalue weighted by molar-refractivity contribution is 5.52. The van der Waals surface area contributed by atoms with Crippen LogP contribution in [0.15, 0.2) is 24.3 Å². The molecule has 1 saturated heterocycles. The van der Waals surface area contributed by atoms with Crippen molar-refractivity contribution in [3.8, 4) is 0 Å². The summed E-state index contributed by atoms with van der Waals surface area (Å²) >= 11 is 0. The Balaban J connectivity index is 1.58. The lowest BCUT2D eigenvalue weighted by molar-refractivity contribution is 0.222. The number of anilines is 1. The van der Waals surface area contributed by atoms with Crippen molar-refractivity contribution in [1.82, 2.24) is 5.32 Å². The fraction of sp³-hybridized carbons (Fsp3) is 0.647. The summed E-state index contributed by atoms with van der Waals surface area (Å²) < 4.78 is 0. The lowest BCUT2D eigenvalue weighted by Gasteiger charge is -2.50. The maximum Gasteiger partial charge on any atom is 0.0369 e. The van der Waals surface area contributed by atoms with Crippen molar-refractivity contribution in [3.63, 3.8) is 0 Å². The molecule has 3 rings (SSSR count). The zero-order valence-corrected chi connectivity index (χ0v) is 12.1. The van der Waals surface area contributed by atoms with Crippen LogP contribution in [0.5, 0.6) is 0 Å². The van der Waals surface area contributed by atoms with E-state index >= 15 is 0 Å². The van der Waals surface area contributed by atoms with E-state index in [0.717, 1.165) is 13.1 Å². The highest BCUT2D eigenvalue weighted by Crippen LogP contribution is 2.46. The Labute approximate surface area is 117 Å². The Morgan fingerprint density at radius 2 is 2.00 bits per heavy atom. The van der Waals surface area contributed by atoms with Crippen molar-refractivity contribution >= 4 is 5.69 Å². The number of nitrogens with one attached hydrogen (secondary N) is 1. The first-order valence-corrected chi connectivity index (χ1v) is 7.86. The summed E-state index contributed by atoms with van der Waals surface area (Å²) in [6, 6.07) is 9.07. The number of hydrogen-bond acceptors (Lipinski definition) is 2. The van der Waals surface area contributed by atoms with Crippen molar-refractivity contribution < 1.29 is 0 Å². The number of hydrogen-bond donors (Lipinski definition) is 1. The second kappa shape index (κ2) is 5.54. The first-order valence-electron chi connectivity index (χ1n) is 7.86. The fourth-order valence-corrected chi connectivity index (χ4v) is 3.66. The summed E-state index contributed by atoms with van der Waals surface area (Å²) in [5, 5.41) is 3.48. The summed E-state index contributed by atoms with van der Waals surface area (Å²) in [4.78, 5) is 2.56. The molecule has 0 amide bonds. The minimum absolute atomic E-state index is 0.691. The Bertz CT molecular complexity index is 413. The maximum atomic E-state index is 3.48. The van der Waals surface area contributed by atoms with Crippen LogP contribution in [-0.2, 0) is 6.54 Å². The summed E-state index contributed by atoms with van der Waals surface area (Å²) in [6.07, 6.45) is 7.03. The fourth-order valence-electron chi connectivity index (χ4n) is 3.66. The van der Waals surface area contributed by atoms with Gasteiger partial charge in [0.2, 0.25) is 0 Å². The first kappa shape index (κ1) is 13.0. The van der Waals surface area contributed by atoms with Crippen molar-refractivity contribution in [2.75, 3.05) is 24.5 Å². The largest absolute Gasteiger partial charge is 0.370 e. The molecule has 2 fully saturated rings. The average Bonchev–Trinajstić information content (AvgIpc) is 2.87. The molecular weight excluding hydrogens is 232 g/mol. The molecule has 0 bridgehead atoms. The number of benzene rings is 1. The molecule has 2 aliphatic rings. The molecular formula is C17H26N2. The number of rotatable bonds is 5. The van der Waals surface area contributed by atoms with Gasteiger partial charge in [-0.3, -0.25) is 0 Å². The lowest BCUT2D eigenvalue weighted by atomic mass is 9.78. The third-order valence-corrected chi connectivity index (χ3v) is 4.75. The summed E-state index contributed by atoms with van der Waals surface area (Å²) in [7, 11) is 0. The van der Waals surface area contributed by atoms with Gasteiger partial charge in [0.15, 0.2) is 0 Å². The molecule has 0 atom stereocenters. The molecule has 0 radical (unpaired) electrons. The molecule has 1 aliphatic carbocycles. The van der Waals surface area contributed by atoms with Gasteiger partial charge in [-0.15, -0.1) is 0 Å². The Hall–Kier alpha value is -1.02. The van der Waals surface area contributed by atoms with Gasteiger partial charge in [0, 0.05) is 30.7 Å². The molecule has 19 heavy (non-hydrogen) atoms. The van der Waals surface area contributed by atoms with Crippen molar-refractivity contribution in [3.05, 3.63) is 29.8 Å². The van der Waals surface area contributed by atoms with Crippen LogP contribution in [0.25, 0.3) is 0 Å². The molecule has 1 aromatic rings. The van der Waals surface area contributed by atoms with E-state index in [1.807, 2.05) is 0 Å². The Kier molecular flexibility index (Phi) is 3.79. The first-order chi connectivity index (χ1) is 9.31. The van der Waals surface area contributed by atoms with Crippen LogP contribution in [0, 0.1) is 5.41 Å². The second-order valence-corrected chi connectivity index (χ2v) is 6.41. The SMILES string of the molecule is CCCNCc1cccc(N2CC3(CCCC3)C2)c1. The minimum Gasteiger partial charge on any atom is -0.370 e. The quantitative estimate of drug-likeness (QED) is 0.812. The van der Waals surface area contributed by atoms with Crippen LogP contribution in [0.3, 0.4) is 0 Å². The van der Waals surface area contributed by atoms with Crippen molar-refractivity contribution in [1.29, 1.82) is 0 Å². The third kappa shape index (κ3) is 2.79.